The number of methoxy groups -OCH3 is 1. The summed E-state index contributed by atoms with van der Waals surface area (Å²) in [6.07, 6.45) is 2.17. The van der Waals surface area contributed by atoms with Gasteiger partial charge in [0.15, 0.2) is 5.82 Å². The molecule has 1 fully saturated rings. The number of ether oxygens (including phenoxy) is 1. The first-order valence-electron chi connectivity index (χ1n) is 10.1. The molecule has 0 bridgehead atoms. The Morgan fingerprint density at radius 1 is 1.10 bits per heavy atom. The Labute approximate surface area is 170 Å². The van der Waals surface area contributed by atoms with Gasteiger partial charge < -0.3 is 19.1 Å². The van der Waals surface area contributed by atoms with Gasteiger partial charge in [-0.2, -0.15) is 0 Å². The highest BCUT2D eigenvalue weighted by molar-refractivity contribution is 5.79. The molecule has 8 nitrogen and oxygen atoms in total. The van der Waals surface area contributed by atoms with Crippen LogP contribution in [0.2, 0.25) is 0 Å². The third kappa shape index (κ3) is 4.11. The molecule has 2 amide bonds. The summed E-state index contributed by atoms with van der Waals surface area (Å²) in [5.41, 5.74) is 0.970. The SMILES string of the molecule is COc1cccc(CC(=O)N2CCC(c3nnc4n3CCN(C(C)=O)C4)CC2)c1. The molecule has 0 aliphatic carbocycles. The van der Waals surface area contributed by atoms with Crippen LogP contribution >= 0.6 is 0 Å². The zero-order valence-corrected chi connectivity index (χ0v) is 17.0. The fraction of sp³-hybridized carbons (Fsp3) is 0.524. The van der Waals surface area contributed by atoms with Crippen molar-refractivity contribution in [2.75, 3.05) is 26.7 Å². The highest BCUT2D eigenvalue weighted by Crippen LogP contribution is 2.29. The molecule has 154 valence electrons. The standard InChI is InChI=1S/C21H27N5O3/c1-15(27)25-10-11-26-19(14-25)22-23-21(26)17-6-8-24(9-7-17)20(28)13-16-4-3-5-18(12-16)29-2/h3-5,12,17H,6-11,13-14H2,1-2H3. The second kappa shape index (κ2) is 8.23. The van der Waals surface area contributed by atoms with Crippen LogP contribution in [0.25, 0.3) is 0 Å². The first-order chi connectivity index (χ1) is 14.0. The van der Waals surface area contributed by atoms with Crippen molar-refractivity contribution in [2.24, 2.45) is 0 Å². The van der Waals surface area contributed by atoms with Crippen molar-refractivity contribution in [3.8, 4) is 5.75 Å². The summed E-state index contributed by atoms with van der Waals surface area (Å²) in [6.45, 7) is 5.02. The van der Waals surface area contributed by atoms with E-state index in [1.165, 1.54) is 0 Å². The van der Waals surface area contributed by atoms with E-state index in [-0.39, 0.29) is 11.8 Å². The zero-order chi connectivity index (χ0) is 20.4. The average molecular weight is 397 g/mol. The number of carbonyl (C=O) groups excluding carboxylic acids is 2. The largest absolute Gasteiger partial charge is 0.497 e. The lowest BCUT2D eigenvalue weighted by atomic mass is 9.95. The average Bonchev–Trinajstić information content (AvgIpc) is 3.17. The molecule has 1 aromatic heterocycles. The number of piperidine rings is 1. The monoisotopic (exact) mass is 397 g/mol. The summed E-state index contributed by atoms with van der Waals surface area (Å²) in [5, 5.41) is 8.75. The lowest BCUT2D eigenvalue weighted by Gasteiger charge is -2.33. The maximum absolute atomic E-state index is 12.7. The van der Waals surface area contributed by atoms with Crippen molar-refractivity contribution < 1.29 is 14.3 Å². The molecule has 2 aliphatic heterocycles. The van der Waals surface area contributed by atoms with Gasteiger partial charge in [0.25, 0.3) is 0 Å². The lowest BCUT2D eigenvalue weighted by Crippen LogP contribution is -2.40. The molecule has 4 rings (SSSR count). The number of nitrogens with zero attached hydrogens (tertiary/aromatic N) is 5. The van der Waals surface area contributed by atoms with E-state index in [1.807, 2.05) is 29.2 Å². The van der Waals surface area contributed by atoms with E-state index in [0.717, 1.165) is 55.4 Å². The van der Waals surface area contributed by atoms with Gasteiger partial charge in [-0.1, -0.05) is 12.1 Å². The van der Waals surface area contributed by atoms with Gasteiger partial charge >= 0.3 is 0 Å². The molecule has 1 aromatic carbocycles. The summed E-state index contributed by atoms with van der Waals surface area (Å²) in [7, 11) is 1.63. The molecular formula is C21H27N5O3. The molecule has 2 aliphatic rings. The van der Waals surface area contributed by atoms with E-state index in [4.69, 9.17) is 4.74 Å². The molecule has 29 heavy (non-hydrogen) atoms. The van der Waals surface area contributed by atoms with Crippen molar-refractivity contribution >= 4 is 11.8 Å². The van der Waals surface area contributed by atoms with Crippen LogP contribution in [0.3, 0.4) is 0 Å². The Kier molecular flexibility index (Phi) is 5.51. The quantitative estimate of drug-likeness (QED) is 0.783. The van der Waals surface area contributed by atoms with E-state index >= 15 is 0 Å². The van der Waals surface area contributed by atoms with E-state index in [1.54, 1.807) is 18.9 Å². The molecule has 2 aromatic rings. The Morgan fingerprint density at radius 2 is 1.90 bits per heavy atom. The zero-order valence-electron chi connectivity index (χ0n) is 17.0. The maximum atomic E-state index is 12.7. The smallest absolute Gasteiger partial charge is 0.226 e. The van der Waals surface area contributed by atoms with Crippen LogP contribution in [-0.4, -0.2) is 63.1 Å². The molecule has 0 unspecified atom stereocenters. The fourth-order valence-corrected chi connectivity index (χ4v) is 4.21. The van der Waals surface area contributed by atoms with Gasteiger partial charge in [-0.05, 0) is 30.5 Å². The molecule has 0 saturated carbocycles. The number of likely N-dealkylation sites (tertiary alicyclic amines) is 1. The number of aromatic nitrogens is 3. The Balaban J connectivity index is 1.35. The van der Waals surface area contributed by atoms with Crippen LogP contribution < -0.4 is 4.74 Å². The molecule has 8 heteroatoms. The van der Waals surface area contributed by atoms with Crippen LogP contribution in [0.1, 0.15) is 42.9 Å². The first kappa shape index (κ1) is 19.4. The van der Waals surface area contributed by atoms with Crippen LogP contribution in [0.15, 0.2) is 24.3 Å². The maximum Gasteiger partial charge on any atom is 0.226 e. The summed E-state index contributed by atoms with van der Waals surface area (Å²) < 4.78 is 7.41. The molecule has 1 saturated heterocycles. The summed E-state index contributed by atoms with van der Waals surface area (Å²) in [6, 6.07) is 7.67. The first-order valence-corrected chi connectivity index (χ1v) is 10.1. The van der Waals surface area contributed by atoms with Crippen LogP contribution in [0.5, 0.6) is 5.75 Å². The molecule has 0 N–H and O–H groups in total. The minimum atomic E-state index is 0.0728. The molecule has 0 spiro atoms. The second-order valence-electron chi connectivity index (χ2n) is 7.75. The summed E-state index contributed by atoms with van der Waals surface area (Å²) >= 11 is 0. The van der Waals surface area contributed by atoms with Gasteiger partial charge in [0.2, 0.25) is 11.8 Å². The van der Waals surface area contributed by atoms with Gasteiger partial charge in [0.1, 0.15) is 11.6 Å². The van der Waals surface area contributed by atoms with E-state index in [2.05, 4.69) is 14.8 Å². The molecule has 0 atom stereocenters. The number of amides is 2. The Morgan fingerprint density at radius 3 is 2.62 bits per heavy atom. The van der Waals surface area contributed by atoms with Gasteiger partial charge in [-0.15, -0.1) is 10.2 Å². The van der Waals surface area contributed by atoms with Gasteiger partial charge in [0.05, 0.1) is 20.1 Å². The van der Waals surface area contributed by atoms with Crippen molar-refractivity contribution in [3.63, 3.8) is 0 Å². The molecule has 0 radical (unpaired) electrons. The van der Waals surface area contributed by atoms with Crippen molar-refractivity contribution in [1.82, 2.24) is 24.6 Å². The topological polar surface area (TPSA) is 80.6 Å². The predicted molar refractivity (Wildman–Crippen MR) is 106 cm³/mol. The Bertz CT molecular complexity index is 901. The molecular weight excluding hydrogens is 370 g/mol. The van der Waals surface area contributed by atoms with E-state index < -0.39 is 0 Å². The number of hydrogen-bond acceptors (Lipinski definition) is 5. The van der Waals surface area contributed by atoms with E-state index in [9.17, 15) is 9.59 Å². The fourth-order valence-electron chi connectivity index (χ4n) is 4.21. The number of hydrogen-bond donors (Lipinski definition) is 0. The highest BCUT2D eigenvalue weighted by atomic mass is 16.5. The van der Waals surface area contributed by atoms with Crippen molar-refractivity contribution in [3.05, 3.63) is 41.5 Å². The Hall–Kier alpha value is -2.90. The van der Waals surface area contributed by atoms with Crippen molar-refractivity contribution in [2.45, 2.75) is 45.2 Å². The van der Waals surface area contributed by atoms with Gasteiger partial charge in [-0.3, -0.25) is 9.59 Å². The van der Waals surface area contributed by atoms with E-state index in [0.29, 0.717) is 25.4 Å². The van der Waals surface area contributed by atoms with Crippen LogP contribution in [-0.2, 0) is 29.1 Å². The van der Waals surface area contributed by atoms with Crippen LogP contribution in [0.4, 0.5) is 0 Å². The number of carbonyl (C=O) groups is 2. The number of rotatable bonds is 4. The third-order valence-electron chi connectivity index (χ3n) is 5.93. The number of fused-ring (bicyclic) bond motifs is 1. The second-order valence-corrected chi connectivity index (χ2v) is 7.75. The minimum Gasteiger partial charge on any atom is -0.497 e. The highest BCUT2D eigenvalue weighted by Gasteiger charge is 2.30. The van der Waals surface area contributed by atoms with Crippen LogP contribution in [0, 0.1) is 0 Å². The van der Waals surface area contributed by atoms with Gasteiger partial charge in [0, 0.05) is 39.0 Å². The normalized spacial score (nSPS) is 17.2. The third-order valence-corrected chi connectivity index (χ3v) is 5.93. The predicted octanol–water partition coefficient (Wildman–Crippen LogP) is 1.60. The van der Waals surface area contributed by atoms with Gasteiger partial charge in [-0.25, -0.2) is 0 Å². The summed E-state index contributed by atoms with van der Waals surface area (Å²) in [5.74, 6) is 3.16. The summed E-state index contributed by atoms with van der Waals surface area (Å²) in [4.78, 5) is 28.1. The number of benzene rings is 1. The minimum absolute atomic E-state index is 0.0728. The van der Waals surface area contributed by atoms with Crippen molar-refractivity contribution in [1.29, 1.82) is 0 Å². The lowest BCUT2D eigenvalue weighted by molar-refractivity contribution is -0.131. The molecule has 3 heterocycles.